The Morgan fingerprint density at radius 2 is 2.00 bits per heavy atom. The summed E-state index contributed by atoms with van der Waals surface area (Å²) in [5.41, 5.74) is 1.65. The quantitative estimate of drug-likeness (QED) is 0.839. The van der Waals surface area contributed by atoms with Crippen LogP contribution in [0.3, 0.4) is 0 Å². The van der Waals surface area contributed by atoms with Gasteiger partial charge in [-0.05, 0) is 31.7 Å². The molecule has 1 N–H and O–H groups in total. The molecule has 5 nitrogen and oxygen atoms in total. The average Bonchev–Trinajstić information content (AvgIpc) is 3.06. The van der Waals surface area contributed by atoms with E-state index in [1.165, 1.54) is 5.56 Å². The van der Waals surface area contributed by atoms with E-state index in [0.717, 1.165) is 25.1 Å². The van der Waals surface area contributed by atoms with Crippen LogP contribution in [0.25, 0.3) is 0 Å². The molecule has 1 aliphatic heterocycles. The second-order valence-corrected chi connectivity index (χ2v) is 6.28. The van der Waals surface area contributed by atoms with Gasteiger partial charge in [0.1, 0.15) is 11.4 Å². The first-order valence-electron chi connectivity index (χ1n) is 8.72. The molecule has 1 unspecified atom stereocenters. The number of fused-ring (bicyclic) bond motifs is 1. The minimum Gasteiger partial charge on any atom is -0.462 e. The molecule has 0 saturated carbocycles. The lowest BCUT2D eigenvalue weighted by atomic mass is 9.82. The molecule has 2 aromatic rings. The van der Waals surface area contributed by atoms with Gasteiger partial charge in [0, 0.05) is 0 Å². The molecule has 3 rings (SSSR count). The molecule has 1 aromatic heterocycles. The summed E-state index contributed by atoms with van der Waals surface area (Å²) in [6.45, 7) is 6.55. The fourth-order valence-electron chi connectivity index (χ4n) is 3.61. The van der Waals surface area contributed by atoms with Gasteiger partial charge in [0.05, 0.1) is 24.4 Å². The van der Waals surface area contributed by atoms with Crippen molar-refractivity contribution in [3.63, 3.8) is 0 Å². The molecule has 0 spiro atoms. The Kier molecular flexibility index (Phi) is 4.60. The summed E-state index contributed by atoms with van der Waals surface area (Å²) in [7, 11) is 0. The van der Waals surface area contributed by atoms with Gasteiger partial charge in [0.15, 0.2) is 0 Å². The first kappa shape index (κ1) is 16.6. The van der Waals surface area contributed by atoms with Gasteiger partial charge in [-0.3, -0.25) is 0 Å². The zero-order chi connectivity index (χ0) is 17.2. The molecular formula is C19H25N3O2. The number of esters is 1. The van der Waals surface area contributed by atoms with Crippen LogP contribution in [-0.4, -0.2) is 22.4 Å². The fourth-order valence-corrected chi connectivity index (χ4v) is 3.61. The van der Waals surface area contributed by atoms with Crippen LogP contribution in [-0.2, 0) is 10.3 Å². The standard InChI is InChI=1S/C19H25N3O2/c1-4-19(5-2)12-16(14-10-8-7-9-11-14)21-17-15(13-20-22(17)19)18(23)24-6-3/h7-11,13,16,21H,4-6,12H2,1-3H3. The second-order valence-electron chi connectivity index (χ2n) is 6.28. The third-order valence-electron chi connectivity index (χ3n) is 5.13. The van der Waals surface area contributed by atoms with E-state index in [-0.39, 0.29) is 17.6 Å². The van der Waals surface area contributed by atoms with E-state index in [0.29, 0.717) is 12.2 Å². The Hall–Kier alpha value is -2.30. The zero-order valence-electron chi connectivity index (χ0n) is 14.6. The number of carbonyl (C=O) groups excluding carboxylic acids is 1. The lowest BCUT2D eigenvalue weighted by Gasteiger charge is -2.42. The van der Waals surface area contributed by atoms with Crippen molar-refractivity contribution in [3.05, 3.63) is 47.7 Å². The Balaban J connectivity index is 2.06. The number of nitrogens with zero attached hydrogens (tertiary/aromatic N) is 2. The summed E-state index contributed by atoms with van der Waals surface area (Å²) in [4.78, 5) is 12.3. The summed E-state index contributed by atoms with van der Waals surface area (Å²) < 4.78 is 7.20. The second kappa shape index (κ2) is 6.67. The van der Waals surface area contributed by atoms with Gasteiger partial charge >= 0.3 is 5.97 Å². The lowest BCUT2D eigenvalue weighted by molar-refractivity contribution is 0.0526. The maximum absolute atomic E-state index is 12.3. The van der Waals surface area contributed by atoms with Crippen LogP contribution >= 0.6 is 0 Å². The highest BCUT2D eigenvalue weighted by molar-refractivity contribution is 5.94. The van der Waals surface area contributed by atoms with Gasteiger partial charge < -0.3 is 10.1 Å². The number of ether oxygens (including phenoxy) is 1. The number of hydrogen-bond donors (Lipinski definition) is 1. The molecule has 0 radical (unpaired) electrons. The Morgan fingerprint density at radius 1 is 1.29 bits per heavy atom. The van der Waals surface area contributed by atoms with E-state index in [2.05, 4.69) is 48.5 Å². The average molecular weight is 327 g/mol. The molecule has 2 heterocycles. The van der Waals surface area contributed by atoms with Gasteiger partial charge in [0.2, 0.25) is 0 Å². The van der Waals surface area contributed by atoms with Crippen LogP contribution in [0.2, 0.25) is 0 Å². The van der Waals surface area contributed by atoms with E-state index in [9.17, 15) is 4.79 Å². The van der Waals surface area contributed by atoms with Gasteiger partial charge in [0.25, 0.3) is 0 Å². The van der Waals surface area contributed by atoms with Crippen molar-refractivity contribution in [1.29, 1.82) is 0 Å². The van der Waals surface area contributed by atoms with Crippen LogP contribution in [0.4, 0.5) is 5.82 Å². The summed E-state index contributed by atoms with van der Waals surface area (Å²) in [6.07, 6.45) is 4.51. The molecule has 1 aliphatic rings. The molecule has 0 fully saturated rings. The van der Waals surface area contributed by atoms with Crippen LogP contribution < -0.4 is 5.32 Å². The Morgan fingerprint density at radius 3 is 2.62 bits per heavy atom. The van der Waals surface area contributed by atoms with Crippen molar-refractivity contribution in [3.8, 4) is 0 Å². The first-order chi connectivity index (χ1) is 11.6. The van der Waals surface area contributed by atoms with E-state index < -0.39 is 0 Å². The summed E-state index contributed by atoms with van der Waals surface area (Å²) >= 11 is 0. The van der Waals surface area contributed by atoms with Gasteiger partial charge in [-0.1, -0.05) is 44.2 Å². The highest BCUT2D eigenvalue weighted by Crippen LogP contribution is 2.44. The van der Waals surface area contributed by atoms with E-state index in [1.54, 1.807) is 6.20 Å². The maximum atomic E-state index is 12.3. The third-order valence-corrected chi connectivity index (χ3v) is 5.13. The van der Waals surface area contributed by atoms with Crippen LogP contribution in [0.1, 0.15) is 62.0 Å². The number of aromatic nitrogens is 2. The van der Waals surface area contributed by atoms with Crippen LogP contribution in [0.15, 0.2) is 36.5 Å². The summed E-state index contributed by atoms with van der Waals surface area (Å²) in [6, 6.07) is 10.5. The first-order valence-corrected chi connectivity index (χ1v) is 8.72. The molecular weight excluding hydrogens is 302 g/mol. The SMILES string of the molecule is CCOC(=O)c1cnn2c1NC(c1ccccc1)CC2(CC)CC. The van der Waals surface area contributed by atoms with Crippen molar-refractivity contribution in [2.75, 3.05) is 11.9 Å². The van der Waals surface area contributed by atoms with Crippen molar-refractivity contribution in [1.82, 2.24) is 9.78 Å². The molecule has 0 amide bonds. The van der Waals surface area contributed by atoms with Gasteiger partial charge in [-0.2, -0.15) is 5.10 Å². The van der Waals surface area contributed by atoms with Crippen molar-refractivity contribution < 1.29 is 9.53 Å². The molecule has 128 valence electrons. The minimum absolute atomic E-state index is 0.0914. The maximum Gasteiger partial charge on any atom is 0.343 e. The molecule has 0 saturated heterocycles. The van der Waals surface area contributed by atoms with E-state index in [1.807, 2.05) is 17.7 Å². The lowest BCUT2D eigenvalue weighted by Crippen LogP contribution is -2.42. The van der Waals surface area contributed by atoms with E-state index in [4.69, 9.17) is 4.74 Å². The van der Waals surface area contributed by atoms with Crippen molar-refractivity contribution in [2.45, 2.75) is 51.6 Å². The fraction of sp³-hybridized carbons (Fsp3) is 0.474. The van der Waals surface area contributed by atoms with Gasteiger partial charge in [-0.15, -0.1) is 0 Å². The Bertz CT molecular complexity index is 705. The predicted molar refractivity (Wildman–Crippen MR) is 94.2 cm³/mol. The number of rotatable bonds is 5. The van der Waals surface area contributed by atoms with Crippen molar-refractivity contribution in [2.24, 2.45) is 0 Å². The number of benzene rings is 1. The molecule has 0 aliphatic carbocycles. The minimum atomic E-state index is -0.318. The van der Waals surface area contributed by atoms with Gasteiger partial charge in [-0.25, -0.2) is 9.48 Å². The Labute approximate surface area is 143 Å². The number of nitrogens with one attached hydrogen (secondary N) is 1. The molecule has 0 bridgehead atoms. The zero-order valence-corrected chi connectivity index (χ0v) is 14.6. The van der Waals surface area contributed by atoms with Crippen molar-refractivity contribution >= 4 is 11.8 Å². The highest BCUT2D eigenvalue weighted by Gasteiger charge is 2.40. The molecule has 1 atom stereocenters. The predicted octanol–water partition coefficient (Wildman–Crippen LogP) is 4.13. The highest BCUT2D eigenvalue weighted by atomic mass is 16.5. The monoisotopic (exact) mass is 327 g/mol. The van der Waals surface area contributed by atoms with E-state index >= 15 is 0 Å². The molecule has 24 heavy (non-hydrogen) atoms. The summed E-state index contributed by atoms with van der Waals surface area (Å²) in [5, 5.41) is 8.06. The molecule has 5 heteroatoms. The number of hydrogen-bond acceptors (Lipinski definition) is 4. The molecule has 1 aromatic carbocycles. The van der Waals surface area contributed by atoms with Crippen LogP contribution in [0.5, 0.6) is 0 Å². The van der Waals surface area contributed by atoms with Crippen LogP contribution in [0, 0.1) is 0 Å². The number of carbonyl (C=O) groups is 1. The normalized spacial score (nSPS) is 18.5. The smallest absolute Gasteiger partial charge is 0.343 e. The third kappa shape index (κ3) is 2.68. The summed E-state index contributed by atoms with van der Waals surface area (Å²) in [5.74, 6) is 0.457. The largest absolute Gasteiger partial charge is 0.462 e. The number of anilines is 1. The topological polar surface area (TPSA) is 56.1 Å².